The second-order valence-corrected chi connectivity index (χ2v) is 6.84. The van der Waals surface area contributed by atoms with Gasteiger partial charge >= 0.3 is 0 Å². The number of hydrogen-bond acceptors (Lipinski definition) is 5. The third kappa shape index (κ3) is 4.05. The summed E-state index contributed by atoms with van der Waals surface area (Å²) in [5, 5.41) is 9.55. The van der Waals surface area contributed by atoms with Crippen molar-refractivity contribution < 1.29 is 18.0 Å². The fourth-order valence-electron chi connectivity index (χ4n) is 2.22. The highest BCUT2D eigenvalue weighted by molar-refractivity contribution is 8.00. The van der Waals surface area contributed by atoms with Gasteiger partial charge in [0.15, 0.2) is 5.82 Å². The Hall–Kier alpha value is -3.01. The van der Waals surface area contributed by atoms with Gasteiger partial charge in [0.05, 0.1) is 16.5 Å². The topological polar surface area (TPSA) is 85.8 Å². The first-order valence-electron chi connectivity index (χ1n) is 7.74. The van der Waals surface area contributed by atoms with E-state index < -0.39 is 28.6 Å². The van der Waals surface area contributed by atoms with Gasteiger partial charge in [-0.3, -0.25) is 4.79 Å². The minimum absolute atomic E-state index is 0.104. The number of anilines is 1. The molecule has 2 aromatic carbocycles. The molecule has 1 atom stereocenters. The van der Waals surface area contributed by atoms with Crippen LogP contribution in [0, 0.1) is 17.5 Å². The highest BCUT2D eigenvalue weighted by Gasteiger charge is 2.21. The van der Waals surface area contributed by atoms with E-state index in [0.29, 0.717) is 6.07 Å². The van der Waals surface area contributed by atoms with Gasteiger partial charge in [-0.05, 0) is 31.2 Å². The van der Waals surface area contributed by atoms with Crippen molar-refractivity contribution in [2.75, 3.05) is 11.2 Å². The Labute approximate surface area is 156 Å². The predicted octanol–water partition coefficient (Wildman–Crippen LogP) is 3.20. The zero-order valence-corrected chi connectivity index (χ0v) is 14.8. The molecular weight excluding hydrogens is 379 g/mol. The van der Waals surface area contributed by atoms with Crippen LogP contribution in [0.1, 0.15) is 6.92 Å². The third-order valence-electron chi connectivity index (χ3n) is 3.62. The van der Waals surface area contributed by atoms with Gasteiger partial charge in [0, 0.05) is 6.07 Å². The maximum Gasteiger partial charge on any atom is 0.237 e. The predicted molar refractivity (Wildman–Crippen MR) is 95.9 cm³/mol. The summed E-state index contributed by atoms with van der Waals surface area (Å²) in [4.78, 5) is 12.2. The molecule has 3 N–H and O–H groups in total. The van der Waals surface area contributed by atoms with Crippen molar-refractivity contribution in [1.29, 1.82) is 0 Å². The van der Waals surface area contributed by atoms with E-state index in [9.17, 15) is 18.0 Å². The lowest BCUT2D eigenvalue weighted by atomic mass is 10.2. The highest BCUT2D eigenvalue weighted by atomic mass is 32.2. The normalized spacial score (nSPS) is 12.0. The number of nitrogens with one attached hydrogen (secondary N) is 1. The largest absolute Gasteiger partial charge is 0.335 e. The lowest BCUT2D eigenvalue weighted by molar-refractivity contribution is -0.115. The van der Waals surface area contributed by atoms with Crippen molar-refractivity contribution in [3.8, 4) is 11.4 Å². The fourth-order valence-corrected chi connectivity index (χ4v) is 2.99. The molecule has 0 spiro atoms. The van der Waals surface area contributed by atoms with Crippen LogP contribution in [0.3, 0.4) is 0 Å². The summed E-state index contributed by atoms with van der Waals surface area (Å²) in [6.45, 7) is 1.55. The van der Waals surface area contributed by atoms with Gasteiger partial charge in [0.2, 0.25) is 11.1 Å². The van der Waals surface area contributed by atoms with Crippen molar-refractivity contribution in [2.24, 2.45) is 0 Å². The molecule has 0 saturated heterocycles. The van der Waals surface area contributed by atoms with Crippen LogP contribution in [0.25, 0.3) is 11.4 Å². The highest BCUT2D eigenvalue weighted by Crippen LogP contribution is 2.27. The first kappa shape index (κ1) is 18.8. The molecule has 0 aliphatic rings. The third-order valence-corrected chi connectivity index (χ3v) is 4.68. The van der Waals surface area contributed by atoms with Crippen LogP contribution in [-0.4, -0.2) is 26.0 Å². The van der Waals surface area contributed by atoms with Gasteiger partial charge in [-0.15, -0.1) is 10.2 Å². The maximum atomic E-state index is 13.9. The molecule has 1 heterocycles. The van der Waals surface area contributed by atoms with Crippen molar-refractivity contribution in [3.05, 3.63) is 59.9 Å². The van der Waals surface area contributed by atoms with Crippen LogP contribution in [-0.2, 0) is 4.79 Å². The summed E-state index contributed by atoms with van der Waals surface area (Å²) in [5.74, 6) is 3.34. The van der Waals surface area contributed by atoms with E-state index in [2.05, 4.69) is 15.5 Å². The average molecular weight is 393 g/mol. The number of nitrogen functional groups attached to an aromatic ring is 1. The summed E-state index contributed by atoms with van der Waals surface area (Å²) in [6.07, 6.45) is 0. The molecule has 6 nitrogen and oxygen atoms in total. The smallest absolute Gasteiger partial charge is 0.237 e. The molecule has 0 saturated carbocycles. The van der Waals surface area contributed by atoms with E-state index in [0.717, 1.165) is 28.6 Å². The second-order valence-electron chi connectivity index (χ2n) is 5.53. The molecule has 0 aliphatic heterocycles. The van der Waals surface area contributed by atoms with E-state index in [1.807, 2.05) is 0 Å². The van der Waals surface area contributed by atoms with Crippen LogP contribution >= 0.6 is 11.8 Å². The Kier molecular flexibility index (Phi) is 5.36. The molecule has 3 aromatic rings. The van der Waals surface area contributed by atoms with Crippen molar-refractivity contribution in [2.45, 2.75) is 17.3 Å². The van der Waals surface area contributed by atoms with Gasteiger partial charge in [0.1, 0.15) is 17.5 Å². The SMILES string of the molecule is C[C@H](Sc1nnc(-c2ccccc2F)n1N)C(=O)Nc1ccc(F)cc1F. The number of amides is 1. The summed E-state index contributed by atoms with van der Waals surface area (Å²) in [7, 11) is 0. The van der Waals surface area contributed by atoms with Crippen LogP contribution in [0.4, 0.5) is 18.9 Å². The quantitative estimate of drug-likeness (QED) is 0.514. The van der Waals surface area contributed by atoms with E-state index >= 15 is 0 Å². The number of nitrogens with two attached hydrogens (primary N) is 1. The second kappa shape index (κ2) is 7.70. The van der Waals surface area contributed by atoms with E-state index in [1.54, 1.807) is 13.0 Å². The van der Waals surface area contributed by atoms with E-state index in [4.69, 9.17) is 5.84 Å². The Morgan fingerprint density at radius 3 is 2.59 bits per heavy atom. The standard InChI is InChI=1S/C17H14F3N5OS/c1-9(16(26)22-14-7-6-10(18)8-13(14)20)27-17-24-23-15(25(17)21)11-4-2-3-5-12(11)19/h2-9H,21H2,1H3,(H,22,26)/t9-/m0/s1. The number of thioether (sulfide) groups is 1. The number of carbonyl (C=O) groups is 1. The number of hydrogen-bond donors (Lipinski definition) is 2. The molecular formula is C17H14F3N5OS. The first-order chi connectivity index (χ1) is 12.9. The molecule has 0 bridgehead atoms. The summed E-state index contributed by atoms with van der Waals surface area (Å²) < 4.78 is 41.6. The first-order valence-corrected chi connectivity index (χ1v) is 8.62. The van der Waals surface area contributed by atoms with Crippen molar-refractivity contribution >= 4 is 23.4 Å². The van der Waals surface area contributed by atoms with Crippen LogP contribution in [0.5, 0.6) is 0 Å². The van der Waals surface area contributed by atoms with Crippen LogP contribution in [0.2, 0.25) is 0 Å². The molecule has 0 radical (unpaired) electrons. The van der Waals surface area contributed by atoms with Gasteiger partial charge in [-0.2, -0.15) is 0 Å². The van der Waals surface area contributed by atoms with Crippen molar-refractivity contribution in [3.63, 3.8) is 0 Å². The summed E-state index contributed by atoms with van der Waals surface area (Å²) in [6, 6.07) is 8.77. The van der Waals surface area contributed by atoms with Crippen LogP contribution < -0.4 is 11.2 Å². The van der Waals surface area contributed by atoms with E-state index in [1.165, 1.54) is 18.2 Å². The summed E-state index contributed by atoms with van der Waals surface area (Å²) in [5.41, 5.74) is 0.0277. The van der Waals surface area contributed by atoms with Gasteiger partial charge in [-0.1, -0.05) is 23.9 Å². The molecule has 0 fully saturated rings. The molecule has 1 aromatic heterocycles. The summed E-state index contributed by atoms with van der Waals surface area (Å²) >= 11 is 0.961. The lowest BCUT2D eigenvalue weighted by Crippen LogP contribution is -2.24. The van der Waals surface area contributed by atoms with Gasteiger partial charge < -0.3 is 11.2 Å². The average Bonchev–Trinajstić information content (AvgIpc) is 2.98. The maximum absolute atomic E-state index is 13.9. The molecule has 3 rings (SSSR count). The molecule has 0 aliphatic carbocycles. The van der Waals surface area contributed by atoms with Crippen molar-refractivity contribution in [1.82, 2.24) is 14.9 Å². The number of benzene rings is 2. The lowest BCUT2D eigenvalue weighted by Gasteiger charge is -2.12. The minimum Gasteiger partial charge on any atom is -0.335 e. The zero-order valence-electron chi connectivity index (χ0n) is 14.0. The fraction of sp³-hybridized carbons (Fsp3) is 0.118. The Morgan fingerprint density at radius 2 is 1.89 bits per heavy atom. The van der Waals surface area contributed by atoms with Gasteiger partial charge in [-0.25, -0.2) is 17.8 Å². The minimum atomic E-state index is -0.885. The number of nitrogens with zero attached hydrogens (tertiary/aromatic N) is 3. The Balaban J connectivity index is 1.73. The van der Waals surface area contributed by atoms with Gasteiger partial charge in [0.25, 0.3) is 0 Å². The molecule has 140 valence electrons. The monoisotopic (exact) mass is 393 g/mol. The molecule has 27 heavy (non-hydrogen) atoms. The van der Waals surface area contributed by atoms with E-state index in [-0.39, 0.29) is 22.2 Å². The number of halogens is 3. The molecule has 10 heteroatoms. The Morgan fingerprint density at radius 1 is 1.15 bits per heavy atom. The van der Waals surface area contributed by atoms with Crippen LogP contribution in [0.15, 0.2) is 47.6 Å². The number of aromatic nitrogens is 3. The molecule has 1 amide bonds. The number of carbonyl (C=O) groups excluding carboxylic acids is 1. The Bertz CT molecular complexity index is 994. The zero-order chi connectivity index (χ0) is 19.6. The number of rotatable bonds is 5. The molecule has 0 unspecified atom stereocenters.